The van der Waals surface area contributed by atoms with Gasteiger partial charge in [-0.25, -0.2) is 0 Å². The Balaban J connectivity index is 2.15. The molecule has 0 fully saturated rings. The first-order chi connectivity index (χ1) is 9.20. The van der Waals surface area contributed by atoms with Gasteiger partial charge >= 0.3 is 0 Å². The molecule has 2 nitrogen and oxygen atoms in total. The van der Waals surface area contributed by atoms with Crippen molar-refractivity contribution >= 4 is 29.0 Å². The second-order valence-electron chi connectivity index (χ2n) is 4.31. The normalized spacial score (nSPS) is 10.8. The molecule has 3 heteroatoms. The Morgan fingerprint density at radius 3 is 2.84 bits per heavy atom. The number of benzene rings is 1. The van der Waals surface area contributed by atoms with E-state index < -0.39 is 0 Å². The number of hydrogen-bond acceptors (Lipinski definition) is 2. The maximum absolute atomic E-state index is 12.2. The van der Waals surface area contributed by atoms with Gasteiger partial charge < -0.3 is 4.90 Å². The zero-order valence-electron chi connectivity index (χ0n) is 11.2. The summed E-state index contributed by atoms with van der Waals surface area (Å²) in [4.78, 5) is 14.0. The van der Waals surface area contributed by atoms with E-state index in [2.05, 4.69) is 0 Å². The van der Waals surface area contributed by atoms with Crippen LogP contribution in [0.15, 0.2) is 47.2 Å². The van der Waals surface area contributed by atoms with Crippen LogP contribution in [0.2, 0.25) is 0 Å². The Morgan fingerprint density at radius 2 is 2.21 bits per heavy atom. The SMILES string of the molecule is CCN(C(=O)/C=C/c1ccsc1)c1cccc(C)c1. The molecular formula is C16H17NOS. The Kier molecular flexibility index (Phi) is 4.53. The third-order valence-electron chi connectivity index (χ3n) is 2.86. The van der Waals surface area contributed by atoms with E-state index in [9.17, 15) is 4.79 Å². The lowest BCUT2D eigenvalue weighted by Gasteiger charge is -2.19. The molecule has 0 spiro atoms. The summed E-state index contributed by atoms with van der Waals surface area (Å²) in [6.07, 6.45) is 3.49. The number of aryl methyl sites for hydroxylation is 1. The van der Waals surface area contributed by atoms with Gasteiger partial charge in [0.15, 0.2) is 0 Å². The number of anilines is 1. The largest absolute Gasteiger partial charge is 0.309 e. The molecule has 0 bridgehead atoms. The molecule has 0 N–H and O–H groups in total. The average Bonchev–Trinajstić information content (AvgIpc) is 2.90. The summed E-state index contributed by atoms with van der Waals surface area (Å²) in [5, 5.41) is 4.02. The van der Waals surface area contributed by atoms with Gasteiger partial charge in [-0.2, -0.15) is 11.3 Å². The maximum atomic E-state index is 12.2. The van der Waals surface area contributed by atoms with E-state index in [1.807, 2.05) is 61.0 Å². The van der Waals surface area contributed by atoms with Crippen molar-refractivity contribution in [2.24, 2.45) is 0 Å². The topological polar surface area (TPSA) is 20.3 Å². The highest BCUT2D eigenvalue weighted by Gasteiger charge is 2.10. The van der Waals surface area contributed by atoms with Crippen molar-refractivity contribution in [3.63, 3.8) is 0 Å². The Labute approximate surface area is 118 Å². The van der Waals surface area contributed by atoms with E-state index in [0.29, 0.717) is 6.54 Å². The molecule has 0 aliphatic heterocycles. The molecule has 0 atom stereocenters. The summed E-state index contributed by atoms with van der Waals surface area (Å²) >= 11 is 1.63. The minimum atomic E-state index is 0.0132. The fourth-order valence-corrected chi connectivity index (χ4v) is 2.52. The highest BCUT2D eigenvalue weighted by molar-refractivity contribution is 7.08. The summed E-state index contributed by atoms with van der Waals surface area (Å²) in [5.74, 6) is 0.0132. The molecular weight excluding hydrogens is 254 g/mol. The van der Waals surface area contributed by atoms with Gasteiger partial charge in [0.05, 0.1) is 0 Å². The summed E-state index contributed by atoms with van der Waals surface area (Å²) in [6, 6.07) is 10.00. The lowest BCUT2D eigenvalue weighted by Crippen LogP contribution is -2.28. The highest BCUT2D eigenvalue weighted by Crippen LogP contribution is 2.16. The summed E-state index contributed by atoms with van der Waals surface area (Å²) in [7, 11) is 0. The Hall–Kier alpha value is -1.87. The monoisotopic (exact) mass is 271 g/mol. The number of nitrogens with zero attached hydrogens (tertiary/aromatic N) is 1. The number of rotatable bonds is 4. The summed E-state index contributed by atoms with van der Waals surface area (Å²) in [6.45, 7) is 4.68. The van der Waals surface area contributed by atoms with Crippen LogP contribution < -0.4 is 4.90 Å². The molecule has 98 valence electrons. The molecule has 0 aliphatic carbocycles. The van der Waals surface area contributed by atoms with E-state index in [-0.39, 0.29) is 5.91 Å². The highest BCUT2D eigenvalue weighted by atomic mass is 32.1. The van der Waals surface area contributed by atoms with Crippen LogP contribution in [0.4, 0.5) is 5.69 Å². The quantitative estimate of drug-likeness (QED) is 0.766. The van der Waals surface area contributed by atoms with Crippen LogP contribution in [0.25, 0.3) is 6.08 Å². The number of carbonyl (C=O) groups is 1. The van der Waals surface area contributed by atoms with Crippen LogP contribution in [0, 0.1) is 6.92 Å². The van der Waals surface area contributed by atoms with Crippen LogP contribution in [-0.4, -0.2) is 12.5 Å². The lowest BCUT2D eigenvalue weighted by atomic mass is 10.2. The van der Waals surface area contributed by atoms with Gasteiger partial charge in [0.1, 0.15) is 0 Å². The van der Waals surface area contributed by atoms with E-state index in [1.54, 1.807) is 22.3 Å². The summed E-state index contributed by atoms with van der Waals surface area (Å²) < 4.78 is 0. The smallest absolute Gasteiger partial charge is 0.250 e. The third kappa shape index (κ3) is 3.55. The zero-order chi connectivity index (χ0) is 13.7. The van der Waals surface area contributed by atoms with E-state index in [0.717, 1.165) is 16.8 Å². The molecule has 0 unspecified atom stereocenters. The van der Waals surface area contributed by atoms with Gasteiger partial charge in [0, 0.05) is 18.3 Å². The van der Waals surface area contributed by atoms with Crippen LogP contribution in [0.3, 0.4) is 0 Å². The molecule has 0 aliphatic rings. The van der Waals surface area contributed by atoms with Crippen LogP contribution in [-0.2, 0) is 4.79 Å². The Morgan fingerprint density at radius 1 is 1.37 bits per heavy atom. The fraction of sp³-hybridized carbons (Fsp3) is 0.188. The standard InChI is InChI=1S/C16H17NOS/c1-3-17(15-6-4-5-13(2)11-15)16(18)8-7-14-9-10-19-12-14/h4-12H,3H2,1-2H3/b8-7+. The molecule has 0 saturated carbocycles. The van der Waals surface area contributed by atoms with Gasteiger partial charge in [-0.15, -0.1) is 0 Å². The Bertz CT molecular complexity index is 572. The molecule has 1 heterocycles. The molecule has 1 aromatic heterocycles. The molecule has 19 heavy (non-hydrogen) atoms. The number of likely N-dealkylation sites (N-methyl/N-ethyl adjacent to an activating group) is 1. The number of hydrogen-bond donors (Lipinski definition) is 0. The van der Waals surface area contributed by atoms with Crippen molar-refractivity contribution < 1.29 is 4.79 Å². The number of amides is 1. The van der Waals surface area contributed by atoms with Gasteiger partial charge in [-0.3, -0.25) is 4.79 Å². The van der Waals surface area contributed by atoms with Gasteiger partial charge in [-0.05, 0) is 60.0 Å². The second-order valence-corrected chi connectivity index (χ2v) is 5.09. The molecule has 1 aromatic carbocycles. The van der Waals surface area contributed by atoms with Gasteiger partial charge in [0.2, 0.25) is 0 Å². The number of carbonyl (C=O) groups excluding carboxylic acids is 1. The fourth-order valence-electron chi connectivity index (χ4n) is 1.89. The zero-order valence-corrected chi connectivity index (χ0v) is 12.0. The predicted octanol–water partition coefficient (Wildman–Crippen LogP) is 4.12. The van der Waals surface area contributed by atoms with Crippen molar-refractivity contribution in [2.45, 2.75) is 13.8 Å². The van der Waals surface area contributed by atoms with Crippen molar-refractivity contribution in [1.82, 2.24) is 0 Å². The van der Waals surface area contributed by atoms with Crippen LogP contribution >= 0.6 is 11.3 Å². The molecule has 0 saturated heterocycles. The first-order valence-electron chi connectivity index (χ1n) is 6.29. The van der Waals surface area contributed by atoms with Crippen molar-refractivity contribution in [1.29, 1.82) is 0 Å². The minimum Gasteiger partial charge on any atom is -0.309 e. The van der Waals surface area contributed by atoms with Crippen molar-refractivity contribution in [3.8, 4) is 0 Å². The van der Waals surface area contributed by atoms with Gasteiger partial charge in [0.25, 0.3) is 5.91 Å². The van der Waals surface area contributed by atoms with Crippen molar-refractivity contribution in [3.05, 3.63) is 58.3 Å². The molecule has 0 radical (unpaired) electrons. The van der Waals surface area contributed by atoms with Crippen LogP contribution in [0.1, 0.15) is 18.1 Å². The van der Waals surface area contributed by atoms with Gasteiger partial charge in [-0.1, -0.05) is 12.1 Å². The first kappa shape index (κ1) is 13.6. The predicted molar refractivity (Wildman–Crippen MR) is 82.6 cm³/mol. The maximum Gasteiger partial charge on any atom is 0.250 e. The van der Waals surface area contributed by atoms with E-state index in [4.69, 9.17) is 0 Å². The lowest BCUT2D eigenvalue weighted by molar-refractivity contribution is -0.114. The minimum absolute atomic E-state index is 0.0132. The van der Waals surface area contributed by atoms with E-state index >= 15 is 0 Å². The number of thiophene rings is 1. The third-order valence-corrected chi connectivity index (χ3v) is 3.56. The van der Waals surface area contributed by atoms with E-state index in [1.165, 1.54) is 0 Å². The summed E-state index contributed by atoms with van der Waals surface area (Å²) in [5.41, 5.74) is 3.17. The average molecular weight is 271 g/mol. The van der Waals surface area contributed by atoms with Crippen LogP contribution in [0.5, 0.6) is 0 Å². The molecule has 2 rings (SSSR count). The van der Waals surface area contributed by atoms with Crippen molar-refractivity contribution in [2.75, 3.05) is 11.4 Å². The first-order valence-corrected chi connectivity index (χ1v) is 7.23. The molecule has 2 aromatic rings. The molecule has 1 amide bonds. The second kappa shape index (κ2) is 6.34.